The number of nitrogens with zero attached hydrogens (tertiary/aromatic N) is 3. The SMILES string of the molecule is OC[C@H]1OC(Oc2ccc(CNc3ncnc4nc[nH]c34)cc2)[C@H](O)[C@@H]1O. The number of hydrogen-bond donors (Lipinski definition) is 5. The fourth-order valence-corrected chi connectivity index (χ4v) is 2.87. The van der Waals surface area contributed by atoms with Gasteiger partial charge in [0.05, 0.1) is 12.9 Å². The number of ether oxygens (including phenoxy) is 2. The van der Waals surface area contributed by atoms with Gasteiger partial charge >= 0.3 is 0 Å². The highest BCUT2D eigenvalue weighted by molar-refractivity contribution is 5.81. The molecule has 142 valence electrons. The average molecular weight is 373 g/mol. The normalized spacial score (nSPS) is 25.0. The molecule has 2 aromatic heterocycles. The Morgan fingerprint density at radius 3 is 2.67 bits per heavy atom. The van der Waals surface area contributed by atoms with E-state index >= 15 is 0 Å². The summed E-state index contributed by atoms with van der Waals surface area (Å²) in [6.07, 6.45) is -1.29. The van der Waals surface area contributed by atoms with Crippen LogP contribution < -0.4 is 10.1 Å². The minimum absolute atomic E-state index is 0.394. The summed E-state index contributed by atoms with van der Waals surface area (Å²) in [4.78, 5) is 15.4. The Labute approximate surface area is 153 Å². The lowest BCUT2D eigenvalue weighted by Crippen LogP contribution is -2.35. The minimum Gasteiger partial charge on any atom is -0.462 e. The Morgan fingerprint density at radius 2 is 1.93 bits per heavy atom. The lowest BCUT2D eigenvalue weighted by molar-refractivity contribution is -0.116. The molecule has 0 amide bonds. The maximum absolute atomic E-state index is 9.91. The monoisotopic (exact) mass is 373 g/mol. The van der Waals surface area contributed by atoms with E-state index in [1.165, 1.54) is 6.33 Å². The van der Waals surface area contributed by atoms with E-state index in [-0.39, 0.29) is 0 Å². The van der Waals surface area contributed by atoms with Crippen LogP contribution in [0, 0.1) is 0 Å². The van der Waals surface area contributed by atoms with E-state index in [4.69, 9.17) is 14.6 Å². The van der Waals surface area contributed by atoms with Gasteiger partial charge in [0.1, 0.15) is 35.9 Å². The third kappa shape index (κ3) is 3.55. The van der Waals surface area contributed by atoms with E-state index in [2.05, 4.69) is 25.3 Å². The summed E-state index contributed by atoms with van der Waals surface area (Å²) < 4.78 is 10.9. The van der Waals surface area contributed by atoms with Crippen LogP contribution in [0.3, 0.4) is 0 Å². The van der Waals surface area contributed by atoms with Gasteiger partial charge in [-0.1, -0.05) is 12.1 Å². The van der Waals surface area contributed by atoms with Crippen LogP contribution in [0.25, 0.3) is 11.2 Å². The first-order chi connectivity index (χ1) is 13.2. The van der Waals surface area contributed by atoms with Gasteiger partial charge in [-0.15, -0.1) is 0 Å². The van der Waals surface area contributed by atoms with Crippen LogP contribution in [0.5, 0.6) is 5.75 Å². The molecule has 0 saturated carbocycles. The largest absolute Gasteiger partial charge is 0.462 e. The van der Waals surface area contributed by atoms with E-state index in [0.717, 1.165) is 11.1 Å². The van der Waals surface area contributed by atoms with Crippen molar-refractivity contribution in [3.05, 3.63) is 42.5 Å². The van der Waals surface area contributed by atoms with Crippen molar-refractivity contribution in [2.75, 3.05) is 11.9 Å². The van der Waals surface area contributed by atoms with Gasteiger partial charge in [-0.2, -0.15) is 0 Å². The Morgan fingerprint density at radius 1 is 1.11 bits per heavy atom. The highest BCUT2D eigenvalue weighted by Crippen LogP contribution is 2.25. The van der Waals surface area contributed by atoms with E-state index in [1.54, 1.807) is 18.5 Å². The van der Waals surface area contributed by atoms with Crippen LogP contribution in [0.2, 0.25) is 0 Å². The van der Waals surface area contributed by atoms with Gasteiger partial charge in [-0.05, 0) is 17.7 Å². The second kappa shape index (κ2) is 7.45. The van der Waals surface area contributed by atoms with Crippen LogP contribution >= 0.6 is 0 Å². The third-order valence-electron chi connectivity index (χ3n) is 4.36. The van der Waals surface area contributed by atoms with Crippen molar-refractivity contribution < 1.29 is 24.8 Å². The van der Waals surface area contributed by atoms with Gasteiger partial charge in [0.25, 0.3) is 0 Å². The summed E-state index contributed by atoms with van der Waals surface area (Å²) in [6, 6.07) is 7.18. The maximum atomic E-state index is 9.91. The second-order valence-electron chi connectivity index (χ2n) is 6.15. The Kier molecular flexibility index (Phi) is 4.86. The topological polar surface area (TPSA) is 146 Å². The molecule has 0 aliphatic carbocycles. The molecule has 1 aliphatic heterocycles. The summed E-state index contributed by atoms with van der Waals surface area (Å²) in [7, 11) is 0. The molecule has 0 spiro atoms. The van der Waals surface area contributed by atoms with Gasteiger partial charge in [0, 0.05) is 6.54 Å². The number of imidazole rings is 1. The lowest BCUT2D eigenvalue weighted by Gasteiger charge is -2.17. The molecule has 1 unspecified atom stereocenters. The zero-order chi connectivity index (χ0) is 18.8. The minimum atomic E-state index is -1.22. The number of nitrogens with one attached hydrogen (secondary N) is 2. The lowest BCUT2D eigenvalue weighted by atomic mass is 10.1. The molecule has 4 rings (SSSR count). The summed E-state index contributed by atoms with van der Waals surface area (Å²) in [5.41, 5.74) is 2.31. The molecule has 1 fully saturated rings. The number of aromatic amines is 1. The van der Waals surface area contributed by atoms with Crippen LogP contribution in [0.4, 0.5) is 5.82 Å². The highest BCUT2D eigenvalue weighted by atomic mass is 16.7. The molecule has 0 bridgehead atoms. The molecule has 0 radical (unpaired) electrons. The molecule has 3 heterocycles. The van der Waals surface area contributed by atoms with E-state index in [1.807, 2.05) is 12.1 Å². The molecular weight excluding hydrogens is 354 g/mol. The number of benzene rings is 1. The molecule has 10 nitrogen and oxygen atoms in total. The standard InChI is InChI=1S/C17H19N5O5/c23-6-11-13(24)14(25)17(27-11)26-10-3-1-9(2-4-10)5-18-15-12-16(20-7-19-12)22-8-21-15/h1-4,7-8,11,13-14,17,23-25H,5-6H2,(H2,18,19,20,21,22)/t11-,13-,14-,17?/m1/s1. The van der Waals surface area contributed by atoms with Gasteiger partial charge in [0.2, 0.25) is 6.29 Å². The summed E-state index contributed by atoms with van der Waals surface area (Å²) in [5.74, 6) is 1.14. The second-order valence-corrected chi connectivity index (χ2v) is 6.15. The van der Waals surface area contributed by atoms with E-state index in [9.17, 15) is 10.2 Å². The Hall–Kier alpha value is -2.79. The molecule has 3 aromatic rings. The number of H-pyrrole nitrogens is 1. The van der Waals surface area contributed by atoms with E-state index < -0.39 is 31.2 Å². The van der Waals surface area contributed by atoms with Gasteiger partial charge in [-0.25, -0.2) is 15.0 Å². The number of aliphatic hydroxyl groups excluding tert-OH is 3. The van der Waals surface area contributed by atoms with Crippen molar-refractivity contribution in [3.63, 3.8) is 0 Å². The number of hydrogen-bond acceptors (Lipinski definition) is 9. The van der Waals surface area contributed by atoms with Crippen LogP contribution in [-0.2, 0) is 11.3 Å². The number of rotatable bonds is 6. The Bertz CT molecular complexity index is 902. The van der Waals surface area contributed by atoms with Crippen molar-refractivity contribution in [1.82, 2.24) is 19.9 Å². The number of aromatic nitrogens is 4. The van der Waals surface area contributed by atoms with Crippen LogP contribution in [0.1, 0.15) is 5.56 Å². The van der Waals surface area contributed by atoms with Gasteiger partial charge < -0.3 is 35.1 Å². The number of aliphatic hydroxyl groups is 3. The third-order valence-corrected chi connectivity index (χ3v) is 4.36. The molecule has 4 atom stereocenters. The van der Waals surface area contributed by atoms with E-state index in [0.29, 0.717) is 23.8 Å². The van der Waals surface area contributed by atoms with Crippen molar-refractivity contribution >= 4 is 17.0 Å². The molecule has 5 N–H and O–H groups in total. The molecule has 1 saturated heterocycles. The van der Waals surface area contributed by atoms with Crippen molar-refractivity contribution in [3.8, 4) is 5.75 Å². The highest BCUT2D eigenvalue weighted by Gasteiger charge is 2.43. The summed E-state index contributed by atoms with van der Waals surface area (Å²) in [6.45, 7) is 0.134. The van der Waals surface area contributed by atoms with Crippen molar-refractivity contribution in [2.45, 2.75) is 31.1 Å². The molecule has 27 heavy (non-hydrogen) atoms. The van der Waals surface area contributed by atoms with Gasteiger partial charge in [0.15, 0.2) is 11.5 Å². The van der Waals surface area contributed by atoms with Gasteiger partial charge in [-0.3, -0.25) is 0 Å². The smallest absolute Gasteiger partial charge is 0.229 e. The zero-order valence-electron chi connectivity index (χ0n) is 14.2. The first-order valence-corrected chi connectivity index (χ1v) is 8.41. The quantitative estimate of drug-likeness (QED) is 0.396. The summed E-state index contributed by atoms with van der Waals surface area (Å²) in [5, 5.41) is 32.0. The number of fused-ring (bicyclic) bond motifs is 1. The maximum Gasteiger partial charge on any atom is 0.229 e. The summed E-state index contributed by atoms with van der Waals surface area (Å²) >= 11 is 0. The molecule has 1 aromatic carbocycles. The average Bonchev–Trinajstić information content (AvgIpc) is 3.28. The van der Waals surface area contributed by atoms with Crippen molar-refractivity contribution in [2.24, 2.45) is 0 Å². The number of anilines is 1. The fraction of sp³-hybridized carbons (Fsp3) is 0.353. The predicted molar refractivity (Wildman–Crippen MR) is 93.8 cm³/mol. The Balaban J connectivity index is 1.37. The van der Waals surface area contributed by atoms with Crippen LogP contribution in [0.15, 0.2) is 36.9 Å². The first-order valence-electron chi connectivity index (χ1n) is 8.41. The predicted octanol–water partition coefficient (Wildman–Crippen LogP) is -0.217. The zero-order valence-corrected chi connectivity index (χ0v) is 14.2. The fourth-order valence-electron chi connectivity index (χ4n) is 2.87. The van der Waals surface area contributed by atoms with Crippen molar-refractivity contribution in [1.29, 1.82) is 0 Å². The molecular formula is C17H19N5O5. The van der Waals surface area contributed by atoms with Crippen LogP contribution in [-0.4, -0.2) is 66.5 Å². The molecule has 10 heteroatoms. The molecule has 1 aliphatic rings. The first kappa shape index (κ1) is 17.6.